The minimum Gasteiger partial charge on any atom is -0.479 e. The van der Waals surface area contributed by atoms with Gasteiger partial charge in [-0.25, -0.2) is 10.7 Å². The second-order valence-electron chi connectivity index (χ2n) is 10.5. The van der Waals surface area contributed by atoms with E-state index in [4.69, 9.17) is 20.2 Å². The van der Waals surface area contributed by atoms with Crippen LogP contribution in [0.25, 0.3) is 0 Å². The van der Waals surface area contributed by atoms with Gasteiger partial charge in [-0.2, -0.15) is 0 Å². The second-order valence-corrected chi connectivity index (χ2v) is 10.5. The molecule has 0 bridgehead atoms. The number of hydrogen-bond donors (Lipinski definition) is 2. The van der Waals surface area contributed by atoms with Crippen molar-refractivity contribution in [3.05, 3.63) is 167 Å². The zero-order valence-electron chi connectivity index (χ0n) is 24.0. The number of fused-ring (bicyclic) bond motifs is 1. The normalized spacial score (nSPS) is 13.2. The van der Waals surface area contributed by atoms with Gasteiger partial charge in [0.1, 0.15) is 11.9 Å². The standard InChI is InChI=1S/C37H32N2O5/c38-44-36(37(41)43-35(27-17-9-3-10-18-27)28-19-11-4-12-20-28)30-21-23-31(33-29(30)22-24-32(40)39-33)42-34(25-13-5-1-6-14-25)26-15-7-2-8-16-26/h1-21,23,34-36H,22,24,38H2,(H,39,40). The first-order chi connectivity index (χ1) is 21.6. The largest absolute Gasteiger partial charge is 0.479 e. The van der Waals surface area contributed by atoms with Crippen molar-refractivity contribution in [2.24, 2.45) is 5.90 Å². The molecule has 0 spiro atoms. The smallest absolute Gasteiger partial charge is 0.343 e. The summed E-state index contributed by atoms with van der Waals surface area (Å²) in [6.45, 7) is 0. The minimum atomic E-state index is -1.23. The molecule has 3 N–H and O–H groups in total. The molecule has 1 aliphatic heterocycles. The first-order valence-corrected chi connectivity index (χ1v) is 14.5. The Kier molecular flexibility index (Phi) is 8.77. The first kappa shape index (κ1) is 28.9. The summed E-state index contributed by atoms with van der Waals surface area (Å²) in [5.41, 5.74) is 5.26. The molecule has 7 heteroatoms. The molecule has 0 aromatic heterocycles. The quantitative estimate of drug-likeness (QED) is 0.135. The average Bonchev–Trinajstić information content (AvgIpc) is 3.08. The molecule has 0 saturated carbocycles. The summed E-state index contributed by atoms with van der Waals surface area (Å²) in [4.78, 5) is 31.7. The number of carbonyl (C=O) groups excluding carboxylic acids is 2. The Morgan fingerprint density at radius 1 is 0.636 bits per heavy atom. The lowest BCUT2D eigenvalue weighted by molar-refractivity contribution is -0.162. The van der Waals surface area contributed by atoms with Crippen molar-refractivity contribution in [2.45, 2.75) is 31.2 Å². The van der Waals surface area contributed by atoms with Gasteiger partial charge in [0.15, 0.2) is 6.10 Å². The maximum Gasteiger partial charge on any atom is 0.343 e. The number of rotatable bonds is 10. The zero-order valence-corrected chi connectivity index (χ0v) is 24.0. The molecule has 1 atom stereocenters. The van der Waals surface area contributed by atoms with Crippen LogP contribution in [0, 0.1) is 0 Å². The number of ether oxygens (including phenoxy) is 2. The molecule has 5 aromatic rings. The summed E-state index contributed by atoms with van der Waals surface area (Å²) < 4.78 is 12.7. The van der Waals surface area contributed by atoms with E-state index in [1.165, 1.54) is 0 Å². The molecule has 1 unspecified atom stereocenters. The topological polar surface area (TPSA) is 99.9 Å². The van der Waals surface area contributed by atoms with E-state index in [9.17, 15) is 9.59 Å². The molecule has 6 rings (SSSR count). The summed E-state index contributed by atoms with van der Waals surface area (Å²) in [6.07, 6.45) is -1.72. The summed E-state index contributed by atoms with van der Waals surface area (Å²) >= 11 is 0. The first-order valence-electron chi connectivity index (χ1n) is 14.5. The van der Waals surface area contributed by atoms with Crippen LogP contribution in [0.1, 0.15) is 58.1 Å². The van der Waals surface area contributed by atoms with E-state index in [1.807, 2.05) is 121 Å². The lowest BCUT2D eigenvalue weighted by atomic mass is 9.93. The molecule has 1 amide bonds. The fourth-order valence-electron chi connectivity index (χ4n) is 5.56. The van der Waals surface area contributed by atoms with Crippen molar-refractivity contribution in [3.63, 3.8) is 0 Å². The van der Waals surface area contributed by atoms with Crippen molar-refractivity contribution >= 4 is 17.6 Å². The van der Waals surface area contributed by atoms with Crippen LogP contribution >= 0.6 is 0 Å². The SMILES string of the molecule is NOC(C(=O)OC(c1ccccc1)c1ccccc1)c1ccc(OC(c2ccccc2)c2ccccc2)c2c1CCC(=O)N2. The molecule has 0 aliphatic carbocycles. The number of hydrogen-bond acceptors (Lipinski definition) is 6. The van der Waals surface area contributed by atoms with Crippen molar-refractivity contribution in [3.8, 4) is 5.75 Å². The van der Waals surface area contributed by atoms with Crippen molar-refractivity contribution in [1.29, 1.82) is 0 Å². The summed E-state index contributed by atoms with van der Waals surface area (Å²) in [6, 6.07) is 42.3. The van der Waals surface area contributed by atoms with E-state index in [2.05, 4.69) is 5.32 Å². The van der Waals surface area contributed by atoms with Gasteiger partial charge in [0.2, 0.25) is 12.0 Å². The van der Waals surface area contributed by atoms with E-state index >= 15 is 0 Å². The third kappa shape index (κ3) is 6.24. The van der Waals surface area contributed by atoms with Crippen LogP contribution in [-0.4, -0.2) is 11.9 Å². The van der Waals surface area contributed by atoms with Crippen LogP contribution in [0.5, 0.6) is 5.75 Å². The highest BCUT2D eigenvalue weighted by atomic mass is 16.7. The zero-order chi connectivity index (χ0) is 30.3. The molecule has 1 heterocycles. The Hall–Kier alpha value is -5.24. The fourth-order valence-corrected chi connectivity index (χ4v) is 5.56. The summed E-state index contributed by atoms with van der Waals surface area (Å²) in [5.74, 6) is 5.46. The van der Waals surface area contributed by atoms with E-state index in [1.54, 1.807) is 12.1 Å². The molecule has 5 aromatic carbocycles. The van der Waals surface area contributed by atoms with Crippen molar-refractivity contribution < 1.29 is 23.9 Å². The molecule has 0 radical (unpaired) electrons. The number of amides is 1. The van der Waals surface area contributed by atoms with Gasteiger partial charge in [-0.05, 0) is 45.9 Å². The Bertz CT molecular complexity index is 1630. The second kappa shape index (κ2) is 13.4. The van der Waals surface area contributed by atoms with Gasteiger partial charge in [0, 0.05) is 6.42 Å². The van der Waals surface area contributed by atoms with E-state index in [0.29, 0.717) is 29.0 Å². The molecule has 220 valence electrons. The van der Waals surface area contributed by atoms with Gasteiger partial charge < -0.3 is 14.8 Å². The van der Waals surface area contributed by atoms with Gasteiger partial charge in [-0.1, -0.05) is 127 Å². The lowest BCUT2D eigenvalue weighted by Gasteiger charge is -2.28. The maximum atomic E-state index is 13.8. The minimum absolute atomic E-state index is 0.142. The van der Waals surface area contributed by atoms with Crippen LogP contribution in [0.3, 0.4) is 0 Å². The molecule has 7 nitrogen and oxygen atoms in total. The number of nitrogens with one attached hydrogen (secondary N) is 1. The molecule has 1 aliphatic rings. The van der Waals surface area contributed by atoms with Crippen molar-refractivity contribution in [1.82, 2.24) is 0 Å². The molecule has 44 heavy (non-hydrogen) atoms. The third-order valence-corrected chi connectivity index (χ3v) is 7.70. The van der Waals surface area contributed by atoms with Crippen LogP contribution in [0.15, 0.2) is 133 Å². The Labute approximate surface area is 256 Å². The summed E-state index contributed by atoms with van der Waals surface area (Å²) in [7, 11) is 0. The Morgan fingerprint density at radius 2 is 1.11 bits per heavy atom. The Morgan fingerprint density at radius 3 is 1.59 bits per heavy atom. The van der Waals surface area contributed by atoms with Crippen LogP contribution < -0.4 is 16.0 Å². The predicted molar refractivity (Wildman–Crippen MR) is 168 cm³/mol. The molecular weight excluding hydrogens is 552 g/mol. The predicted octanol–water partition coefficient (Wildman–Crippen LogP) is 7.00. The van der Waals surface area contributed by atoms with Gasteiger partial charge in [-0.15, -0.1) is 0 Å². The lowest BCUT2D eigenvalue weighted by Crippen LogP contribution is -2.27. The monoisotopic (exact) mass is 584 g/mol. The average molecular weight is 585 g/mol. The van der Waals surface area contributed by atoms with Crippen LogP contribution in [-0.2, 0) is 25.6 Å². The molecular formula is C37H32N2O5. The highest BCUT2D eigenvalue weighted by Gasteiger charge is 2.33. The fraction of sp³-hybridized carbons (Fsp3) is 0.135. The Balaban J connectivity index is 1.35. The van der Waals surface area contributed by atoms with Crippen molar-refractivity contribution in [2.75, 3.05) is 5.32 Å². The number of nitrogens with two attached hydrogens (primary N) is 1. The van der Waals surface area contributed by atoms with Gasteiger partial charge in [-0.3, -0.25) is 9.63 Å². The highest BCUT2D eigenvalue weighted by Crippen LogP contribution is 2.41. The van der Waals surface area contributed by atoms with Gasteiger partial charge in [0.25, 0.3) is 0 Å². The number of carbonyl (C=O) groups is 2. The number of anilines is 1. The third-order valence-electron chi connectivity index (χ3n) is 7.70. The maximum absolute atomic E-state index is 13.8. The number of benzene rings is 5. The van der Waals surface area contributed by atoms with E-state index in [0.717, 1.165) is 22.3 Å². The molecule has 0 saturated heterocycles. The van der Waals surface area contributed by atoms with Crippen LogP contribution in [0.2, 0.25) is 0 Å². The number of esters is 1. The summed E-state index contributed by atoms with van der Waals surface area (Å²) in [5, 5.41) is 2.98. The van der Waals surface area contributed by atoms with Crippen LogP contribution in [0.4, 0.5) is 5.69 Å². The highest BCUT2D eigenvalue weighted by molar-refractivity contribution is 5.96. The van der Waals surface area contributed by atoms with Gasteiger partial charge in [0.05, 0.1) is 5.69 Å². The van der Waals surface area contributed by atoms with E-state index in [-0.39, 0.29) is 12.3 Å². The van der Waals surface area contributed by atoms with E-state index < -0.39 is 24.3 Å². The van der Waals surface area contributed by atoms with Gasteiger partial charge >= 0.3 is 5.97 Å². The molecule has 0 fully saturated rings.